The normalized spacial score (nSPS) is 16.1. The van der Waals surface area contributed by atoms with E-state index >= 15 is 0 Å². The van der Waals surface area contributed by atoms with Crippen molar-refractivity contribution >= 4 is 11.9 Å². The SMILES string of the molecule is CCC1=C(C(=O)OC)C(c2ccc(OC)c(OC)c2)n2ncnc2N1. The number of nitrogens with one attached hydrogen (secondary N) is 1. The van der Waals surface area contributed by atoms with Crippen molar-refractivity contribution in [3.05, 3.63) is 41.4 Å². The molecule has 0 saturated carbocycles. The van der Waals surface area contributed by atoms with E-state index in [-0.39, 0.29) is 0 Å². The summed E-state index contributed by atoms with van der Waals surface area (Å²) in [6.07, 6.45) is 2.07. The highest BCUT2D eigenvalue weighted by Crippen LogP contribution is 2.39. The fourth-order valence-electron chi connectivity index (χ4n) is 2.97. The van der Waals surface area contributed by atoms with Gasteiger partial charge >= 0.3 is 5.97 Å². The van der Waals surface area contributed by atoms with Crippen LogP contribution in [0.3, 0.4) is 0 Å². The molecule has 1 atom stereocenters. The number of benzene rings is 1. The van der Waals surface area contributed by atoms with Crippen molar-refractivity contribution in [2.75, 3.05) is 26.6 Å². The van der Waals surface area contributed by atoms with Crippen LogP contribution in [0, 0.1) is 0 Å². The minimum Gasteiger partial charge on any atom is -0.493 e. The van der Waals surface area contributed by atoms with Crippen LogP contribution >= 0.6 is 0 Å². The minimum absolute atomic E-state index is 0.412. The lowest BCUT2D eigenvalue weighted by atomic mass is 9.94. The van der Waals surface area contributed by atoms with E-state index in [1.807, 2.05) is 19.1 Å². The Hall–Kier alpha value is -3.03. The van der Waals surface area contributed by atoms with Crippen molar-refractivity contribution in [2.45, 2.75) is 19.4 Å². The Bertz CT molecular complexity index is 828. The highest BCUT2D eigenvalue weighted by atomic mass is 16.5. The number of aromatic nitrogens is 3. The Morgan fingerprint density at radius 3 is 2.64 bits per heavy atom. The third-order valence-electron chi connectivity index (χ3n) is 4.16. The number of ether oxygens (including phenoxy) is 3. The van der Waals surface area contributed by atoms with Crippen LogP contribution in [0.15, 0.2) is 35.8 Å². The van der Waals surface area contributed by atoms with E-state index in [0.717, 1.165) is 11.3 Å². The first-order valence-corrected chi connectivity index (χ1v) is 7.84. The molecule has 132 valence electrons. The third-order valence-corrected chi connectivity index (χ3v) is 4.16. The number of fused-ring (bicyclic) bond motifs is 1. The van der Waals surface area contributed by atoms with Gasteiger partial charge in [0.2, 0.25) is 5.95 Å². The second-order valence-corrected chi connectivity index (χ2v) is 5.41. The van der Waals surface area contributed by atoms with Crippen molar-refractivity contribution in [3.63, 3.8) is 0 Å². The molecule has 1 aromatic heterocycles. The van der Waals surface area contributed by atoms with E-state index in [2.05, 4.69) is 15.4 Å². The largest absolute Gasteiger partial charge is 0.493 e. The topological polar surface area (TPSA) is 87.5 Å². The molecule has 1 unspecified atom stereocenters. The average molecular weight is 344 g/mol. The molecule has 1 aliphatic rings. The summed E-state index contributed by atoms with van der Waals surface area (Å²) in [5.41, 5.74) is 2.07. The van der Waals surface area contributed by atoms with Gasteiger partial charge in [0, 0.05) is 5.70 Å². The number of carbonyl (C=O) groups is 1. The zero-order chi connectivity index (χ0) is 18.0. The number of nitrogens with zero attached hydrogens (tertiary/aromatic N) is 3. The number of allylic oxidation sites excluding steroid dienone is 1. The van der Waals surface area contributed by atoms with Gasteiger partial charge in [-0.1, -0.05) is 13.0 Å². The highest BCUT2D eigenvalue weighted by Gasteiger charge is 2.35. The molecule has 1 aromatic carbocycles. The van der Waals surface area contributed by atoms with Crippen molar-refractivity contribution in [1.82, 2.24) is 14.8 Å². The number of hydrogen-bond donors (Lipinski definition) is 1. The first-order chi connectivity index (χ1) is 12.1. The van der Waals surface area contributed by atoms with Gasteiger partial charge in [0.15, 0.2) is 11.5 Å². The molecule has 0 saturated heterocycles. The van der Waals surface area contributed by atoms with Crippen molar-refractivity contribution in [3.8, 4) is 11.5 Å². The molecule has 0 spiro atoms. The van der Waals surface area contributed by atoms with Crippen LogP contribution in [0.25, 0.3) is 0 Å². The quantitative estimate of drug-likeness (QED) is 0.832. The van der Waals surface area contributed by atoms with Crippen molar-refractivity contribution in [2.24, 2.45) is 0 Å². The molecule has 25 heavy (non-hydrogen) atoms. The summed E-state index contributed by atoms with van der Waals surface area (Å²) < 4.78 is 17.4. The van der Waals surface area contributed by atoms with Crippen LogP contribution in [-0.4, -0.2) is 42.1 Å². The van der Waals surface area contributed by atoms with Crippen molar-refractivity contribution < 1.29 is 19.0 Å². The second kappa shape index (κ2) is 6.84. The number of rotatable bonds is 5. The summed E-state index contributed by atoms with van der Waals surface area (Å²) in [6, 6.07) is 5.03. The maximum Gasteiger partial charge on any atom is 0.338 e. The Morgan fingerprint density at radius 2 is 2.00 bits per heavy atom. The smallest absolute Gasteiger partial charge is 0.338 e. The van der Waals surface area contributed by atoms with Gasteiger partial charge in [-0.2, -0.15) is 10.1 Å². The summed E-state index contributed by atoms with van der Waals surface area (Å²) in [6.45, 7) is 1.96. The molecule has 3 rings (SSSR count). The second-order valence-electron chi connectivity index (χ2n) is 5.41. The summed E-state index contributed by atoms with van der Waals surface area (Å²) in [4.78, 5) is 16.7. The van der Waals surface area contributed by atoms with Gasteiger partial charge in [-0.3, -0.25) is 0 Å². The van der Waals surface area contributed by atoms with E-state index in [1.165, 1.54) is 13.4 Å². The first kappa shape index (κ1) is 16.8. The number of esters is 1. The maximum atomic E-state index is 12.5. The molecule has 8 nitrogen and oxygen atoms in total. The molecular weight excluding hydrogens is 324 g/mol. The predicted molar refractivity (Wildman–Crippen MR) is 90.7 cm³/mol. The number of hydrogen-bond acceptors (Lipinski definition) is 7. The molecule has 0 aliphatic carbocycles. The average Bonchev–Trinajstić information content (AvgIpc) is 3.13. The number of carbonyl (C=O) groups excluding carboxylic acids is 1. The van der Waals surface area contributed by atoms with Crippen LogP contribution in [-0.2, 0) is 9.53 Å². The van der Waals surface area contributed by atoms with E-state index in [0.29, 0.717) is 29.4 Å². The summed E-state index contributed by atoms with van der Waals surface area (Å²) in [5, 5.41) is 7.43. The predicted octanol–water partition coefficient (Wildman–Crippen LogP) is 2.15. The molecule has 0 bridgehead atoms. The van der Waals surface area contributed by atoms with Gasteiger partial charge in [0.1, 0.15) is 12.4 Å². The van der Waals surface area contributed by atoms with Gasteiger partial charge in [-0.05, 0) is 24.1 Å². The summed E-state index contributed by atoms with van der Waals surface area (Å²) in [5.74, 6) is 1.34. The molecule has 0 fully saturated rings. The van der Waals surface area contributed by atoms with Crippen LogP contribution in [0.4, 0.5) is 5.95 Å². The molecule has 1 N–H and O–H groups in total. The first-order valence-electron chi connectivity index (χ1n) is 7.84. The van der Waals surface area contributed by atoms with Crippen LogP contribution in [0.1, 0.15) is 24.9 Å². The molecular formula is C17H20N4O4. The van der Waals surface area contributed by atoms with Crippen LogP contribution < -0.4 is 14.8 Å². The fourth-order valence-corrected chi connectivity index (χ4v) is 2.97. The fraction of sp³-hybridized carbons (Fsp3) is 0.353. The molecule has 8 heteroatoms. The van der Waals surface area contributed by atoms with E-state index in [4.69, 9.17) is 14.2 Å². The van der Waals surface area contributed by atoms with Gasteiger partial charge in [0.05, 0.1) is 26.9 Å². The van der Waals surface area contributed by atoms with E-state index < -0.39 is 12.0 Å². The van der Waals surface area contributed by atoms with Gasteiger partial charge in [0.25, 0.3) is 0 Å². The molecule has 1 aliphatic heterocycles. The monoisotopic (exact) mass is 344 g/mol. The Morgan fingerprint density at radius 1 is 1.24 bits per heavy atom. The molecule has 2 aromatic rings. The lowest BCUT2D eigenvalue weighted by molar-refractivity contribution is -0.136. The van der Waals surface area contributed by atoms with Crippen molar-refractivity contribution in [1.29, 1.82) is 0 Å². The lowest BCUT2D eigenvalue weighted by Crippen LogP contribution is -2.30. The Balaban J connectivity index is 2.20. The van der Waals surface area contributed by atoms with Gasteiger partial charge < -0.3 is 19.5 Å². The number of methoxy groups -OCH3 is 3. The molecule has 2 heterocycles. The van der Waals surface area contributed by atoms with Crippen LogP contribution in [0.2, 0.25) is 0 Å². The Labute approximate surface area is 145 Å². The van der Waals surface area contributed by atoms with Gasteiger partial charge in [-0.15, -0.1) is 0 Å². The standard InChI is InChI=1S/C17H20N4O4/c1-5-11-14(16(22)25-4)15(21-17(20-11)18-9-19-21)10-6-7-12(23-2)13(8-10)24-3/h6-9,15H,5H2,1-4H3,(H,18,19,20). The molecule has 0 amide bonds. The van der Waals surface area contributed by atoms with Crippen LogP contribution in [0.5, 0.6) is 11.5 Å². The zero-order valence-electron chi connectivity index (χ0n) is 14.6. The number of anilines is 1. The van der Waals surface area contributed by atoms with E-state index in [1.54, 1.807) is 25.0 Å². The van der Waals surface area contributed by atoms with E-state index in [9.17, 15) is 4.79 Å². The summed E-state index contributed by atoms with van der Waals surface area (Å²) in [7, 11) is 4.51. The maximum absolute atomic E-state index is 12.5. The Kier molecular flexibility index (Phi) is 4.60. The lowest BCUT2D eigenvalue weighted by Gasteiger charge is -2.29. The highest BCUT2D eigenvalue weighted by molar-refractivity contribution is 5.92. The zero-order valence-corrected chi connectivity index (χ0v) is 14.6. The molecule has 0 radical (unpaired) electrons. The summed E-state index contributed by atoms with van der Waals surface area (Å²) >= 11 is 0. The minimum atomic E-state index is -0.471. The van der Waals surface area contributed by atoms with Gasteiger partial charge in [-0.25, -0.2) is 9.48 Å². The third kappa shape index (κ3) is 2.79.